The van der Waals surface area contributed by atoms with Crippen molar-refractivity contribution in [1.29, 1.82) is 0 Å². The molecule has 16 heavy (non-hydrogen) atoms. The number of hydrogen-bond donors (Lipinski definition) is 2. The fraction of sp³-hybridized carbons (Fsp3) is 0.583. The quantitative estimate of drug-likeness (QED) is 0.773. The number of hydrogen-bond acceptors (Lipinski definition) is 4. The van der Waals surface area contributed by atoms with Gasteiger partial charge in [0.15, 0.2) is 0 Å². The van der Waals surface area contributed by atoms with Crippen LogP contribution in [0.1, 0.15) is 18.7 Å². The maximum atomic E-state index is 5.88. The maximum absolute atomic E-state index is 5.88. The summed E-state index contributed by atoms with van der Waals surface area (Å²) in [6.45, 7) is 6.03. The third-order valence-electron chi connectivity index (χ3n) is 2.91. The molecule has 0 bridgehead atoms. The van der Waals surface area contributed by atoms with Crippen LogP contribution in [0.15, 0.2) is 24.4 Å². The lowest BCUT2D eigenvalue weighted by Crippen LogP contribution is -2.49. The Morgan fingerprint density at radius 3 is 3.19 bits per heavy atom. The van der Waals surface area contributed by atoms with Gasteiger partial charge in [0.05, 0.1) is 11.7 Å². The van der Waals surface area contributed by atoms with Gasteiger partial charge in [-0.15, -0.1) is 0 Å². The maximum Gasteiger partial charge on any atom is 0.0647 e. The third-order valence-corrected chi connectivity index (χ3v) is 2.91. The van der Waals surface area contributed by atoms with E-state index >= 15 is 0 Å². The standard InChI is InChI=1S/C12H20N4/c1-10(13)9-16-7-6-14-8-12(16)11-4-2-3-5-15-11/h2-5,10,12,14H,6-9,13H2,1H3. The molecule has 1 aromatic heterocycles. The molecule has 1 aliphatic rings. The van der Waals surface area contributed by atoms with E-state index in [1.807, 2.05) is 18.3 Å². The second-order valence-corrected chi connectivity index (χ2v) is 4.45. The average Bonchev–Trinajstić information content (AvgIpc) is 2.30. The molecule has 0 aromatic carbocycles. The van der Waals surface area contributed by atoms with Crippen molar-refractivity contribution in [2.24, 2.45) is 5.73 Å². The summed E-state index contributed by atoms with van der Waals surface area (Å²) in [4.78, 5) is 6.86. The highest BCUT2D eigenvalue weighted by molar-refractivity contribution is 5.10. The van der Waals surface area contributed by atoms with Gasteiger partial charge in [0.2, 0.25) is 0 Å². The molecular formula is C12H20N4. The summed E-state index contributed by atoms with van der Waals surface area (Å²) in [7, 11) is 0. The molecule has 0 spiro atoms. The van der Waals surface area contributed by atoms with Crippen LogP contribution in [0.3, 0.4) is 0 Å². The van der Waals surface area contributed by atoms with Gasteiger partial charge in [-0.05, 0) is 19.1 Å². The molecule has 0 amide bonds. The highest BCUT2D eigenvalue weighted by atomic mass is 15.2. The molecule has 4 heteroatoms. The highest BCUT2D eigenvalue weighted by Crippen LogP contribution is 2.19. The lowest BCUT2D eigenvalue weighted by Gasteiger charge is -2.36. The minimum absolute atomic E-state index is 0.212. The van der Waals surface area contributed by atoms with E-state index in [9.17, 15) is 0 Å². The number of rotatable bonds is 3. The number of nitrogens with zero attached hydrogens (tertiary/aromatic N) is 2. The Morgan fingerprint density at radius 1 is 1.62 bits per heavy atom. The molecule has 0 saturated carbocycles. The summed E-state index contributed by atoms with van der Waals surface area (Å²) in [6, 6.07) is 6.66. The van der Waals surface area contributed by atoms with E-state index in [0.29, 0.717) is 6.04 Å². The van der Waals surface area contributed by atoms with Crippen LogP contribution in [0.5, 0.6) is 0 Å². The van der Waals surface area contributed by atoms with E-state index in [0.717, 1.165) is 31.9 Å². The van der Waals surface area contributed by atoms with E-state index in [2.05, 4.69) is 28.2 Å². The van der Waals surface area contributed by atoms with Gasteiger partial charge in [-0.2, -0.15) is 0 Å². The van der Waals surface area contributed by atoms with Crippen LogP contribution in [0.4, 0.5) is 0 Å². The molecule has 1 aliphatic heterocycles. The van der Waals surface area contributed by atoms with Crippen LogP contribution < -0.4 is 11.1 Å². The van der Waals surface area contributed by atoms with Gasteiger partial charge in [-0.3, -0.25) is 9.88 Å². The van der Waals surface area contributed by atoms with E-state index in [1.165, 1.54) is 0 Å². The minimum atomic E-state index is 0.212. The fourth-order valence-corrected chi connectivity index (χ4v) is 2.20. The Hall–Kier alpha value is -0.970. The predicted octanol–water partition coefficient (Wildman–Crippen LogP) is 0.375. The number of piperazine rings is 1. The third kappa shape index (κ3) is 2.78. The second kappa shape index (κ2) is 5.39. The summed E-state index contributed by atoms with van der Waals surface area (Å²) in [5.41, 5.74) is 7.02. The van der Waals surface area contributed by atoms with Crippen LogP contribution >= 0.6 is 0 Å². The van der Waals surface area contributed by atoms with Crippen molar-refractivity contribution in [1.82, 2.24) is 15.2 Å². The molecule has 2 rings (SSSR count). The molecule has 4 nitrogen and oxygen atoms in total. The molecule has 1 fully saturated rings. The molecule has 1 aromatic rings. The number of nitrogens with one attached hydrogen (secondary N) is 1. The van der Waals surface area contributed by atoms with E-state index < -0.39 is 0 Å². The zero-order valence-corrected chi connectivity index (χ0v) is 9.76. The molecule has 0 radical (unpaired) electrons. The van der Waals surface area contributed by atoms with E-state index in [4.69, 9.17) is 5.73 Å². The summed E-state index contributed by atoms with van der Waals surface area (Å²) in [6.07, 6.45) is 1.86. The summed E-state index contributed by atoms with van der Waals surface area (Å²) >= 11 is 0. The zero-order valence-electron chi connectivity index (χ0n) is 9.76. The zero-order chi connectivity index (χ0) is 11.4. The molecule has 1 saturated heterocycles. The second-order valence-electron chi connectivity index (χ2n) is 4.45. The van der Waals surface area contributed by atoms with Gasteiger partial charge in [0.1, 0.15) is 0 Å². The molecule has 0 aliphatic carbocycles. The van der Waals surface area contributed by atoms with Crippen LogP contribution in [-0.4, -0.2) is 42.1 Å². The number of aromatic nitrogens is 1. The smallest absolute Gasteiger partial charge is 0.0647 e. The molecule has 88 valence electrons. The van der Waals surface area contributed by atoms with Crippen molar-refractivity contribution in [3.05, 3.63) is 30.1 Å². The van der Waals surface area contributed by atoms with Gasteiger partial charge in [-0.25, -0.2) is 0 Å². The van der Waals surface area contributed by atoms with Gasteiger partial charge >= 0.3 is 0 Å². The molecule has 2 heterocycles. The average molecular weight is 220 g/mol. The fourth-order valence-electron chi connectivity index (χ4n) is 2.20. The Balaban J connectivity index is 2.10. The van der Waals surface area contributed by atoms with Crippen molar-refractivity contribution in [2.45, 2.75) is 19.0 Å². The van der Waals surface area contributed by atoms with Gasteiger partial charge in [0.25, 0.3) is 0 Å². The summed E-state index contributed by atoms with van der Waals surface area (Å²) in [5, 5.41) is 3.41. The SMILES string of the molecule is CC(N)CN1CCNCC1c1ccccn1. The molecular weight excluding hydrogens is 200 g/mol. The lowest BCUT2D eigenvalue weighted by atomic mass is 10.1. The predicted molar refractivity (Wildman–Crippen MR) is 65.1 cm³/mol. The Morgan fingerprint density at radius 2 is 2.50 bits per heavy atom. The molecule has 2 unspecified atom stereocenters. The van der Waals surface area contributed by atoms with Crippen LogP contribution in [0, 0.1) is 0 Å². The normalized spacial score (nSPS) is 24.2. The van der Waals surface area contributed by atoms with E-state index in [-0.39, 0.29) is 6.04 Å². The van der Waals surface area contributed by atoms with Crippen LogP contribution in [-0.2, 0) is 0 Å². The van der Waals surface area contributed by atoms with Gasteiger partial charge in [-0.1, -0.05) is 6.07 Å². The Bertz CT molecular complexity index is 312. The van der Waals surface area contributed by atoms with Crippen molar-refractivity contribution in [2.75, 3.05) is 26.2 Å². The first kappa shape index (κ1) is 11.5. The van der Waals surface area contributed by atoms with Gasteiger partial charge < -0.3 is 11.1 Å². The number of nitrogens with two attached hydrogens (primary N) is 1. The largest absolute Gasteiger partial charge is 0.327 e. The monoisotopic (exact) mass is 220 g/mol. The number of pyridine rings is 1. The van der Waals surface area contributed by atoms with Gasteiger partial charge in [0, 0.05) is 38.4 Å². The van der Waals surface area contributed by atoms with Crippen molar-refractivity contribution in [3.8, 4) is 0 Å². The molecule has 2 atom stereocenters. The summed E-state index contributed by atoms with van der Waals surface area (Å²) < 4.78 is 0. The lowest BCUT2D eigenvalue weighted by molar-refractivity contribution is 0.152. The van der Waals surface area contributed by atoms with Crippen LogP contribution in [0.25, 0.3) is 0 Å². The van der Waals surface area contributed by atoms with Crippen molar-refractivity contribution in [3.63, 3.8) is 0 Å². The Labute approximate surface area is 96.8 Å². The van der Waals surface area contributed by atoms with Crippen molar-refractivity contribution < 1.29 is 0 Å². The van der Waals surface area contributed by atoms with Crippen LogP contribution in [0.2, 0.25) is 0 Å². The first-order valence-corrected chi connectivity index (χ1v) is 5.88. The topological polar surface area (TPSA) is 54.2 Å². The minimum Gasteiger partial charge on any atom is -0.327 e. The van der Waals surface area contributed by atoms with E-state index in [1.54, 1.807) is 0 Å². The van der Waals surface area contributed by atoms with Crippen molar-refractivity contribution >= 4 is 0 Å². The Kier molecular flexibility index (Phi) is 3.88. The molecule has 3 N–H and O–H groups in total. The first-order chi connectivity index (χ1) is 7.77. The summed E-state index contributed by atoms with van der Waals surface area (Å²) in [5.74, 6) is 0. The first-order valence-electron chi connectivity index (χ1n) is 5.88. The highest BCUT2D eigenvalue weighted by Gasteiger charge is 2.24.